The second-order valence-electron chi connectivity index (χ2n) is 9.15. The SMILES string of the molecule is O=C1C[C@@H]2CN3C(=O)c4cc(Br)c(Br)n4[C@@H]4N=C(Sc5ccccc5)N[C@@]43[C@@H]2C/C1=C(\O)C(F)(F)F. The maximum absolute atomic E-state index is 13.7. The van der Waals surface area contributed by atoms with Crippen molar-refractivity contribution in [3.8, 4) is 0 Å². The second kappa shape index (κ2) is 8.12. The number of carbonyl (C=O) groups is 2. The highest BCUT2D eigenvalue weighted by Gasteiger charge is 2.67. The number of fused-ring (bicyclic) bond motifs is 3. The van der Waals surface area contributed by atoms with Crippen LogP contribution in [0.5, 0.6) is 0 Å². The number of carbonyl (C=O) groups excluding carboxylic acids is 2. The van der Waals surface area contributed by atoms with Crippen molar-refractivity contribution in [3.63, 3.8) is 0 Å². The van der Waals surface area contributed by atoms with Gasteiger partial charge >= 0.3 is 6.18 Å². The smallest absolute Gasteiger partial charge is 0.449 e. The molecule has 0 radical (unpaired) electrons. The molecule has 2 N–H and O–H groups in total. The summed E-state index contributed by atoms with van der Waals surface area (Å²) in [5.41, 5.74) is -1.47. The molecule has 4 heterocycles. The third kappa shape index (κ3) is 3.34. The van der Waals surface area contributed by atoms with Gasteiger partial charge in [-0.3, -0.25) is 9.59 Å². The number of halogens is 5. The van der Waals surface area contributed by atoms with Crippen LogP contribution in [0.1, 0.15) is 29.5 Å². The van der Waals surface area contributed by atoms with Crippen LogP contribution < -0.4 is 5.32 Å². The first kappa shape index (κ1) is 24.1. The second-order valence-corrected chi connectivity index (χ2v) is 11.8. The number of thioether (sulfide) groups is 1. The molecule has 1 aromatic carbocycles. The molecular weight excluding hydrogens is 629 g/mol. The number of Topliss-reactive ketones (excluding diaryl/α,β-unsaturated/α-hetero) is 1. The lowest BCUT2D eigenvalue weighted by atomic mass is 9.71. The van der Waals surface area contributed by atoms with Crippen LogP contribution in [0, 0.1) is 11.8 Å². The summed E-state index contributed by atoms with van der Waals surface area (Å²) in [7, 11) is 0. The molecule has 7 nitrogen and oxygen atoms in total. The molecule has 1 saturated carbocycles. The summed E-state index contributed by atoms with van der Waals surface area (Å²) in [6.07, 6.45) is -6.25. The monoisotopic (exact) mass is 644 g/mol. The average Bonchev–Trinajstić information content (AvgIpc) is 3.45. The lowest BCUT2D eigenvalue weighted by Gasteiger charge is -2.47. The van der Waals surface area contributed by atoms with E-state index in [0.29, 0.717) is 19.9 Å². The summed E-state index contributed by atoms with van der Waals surface area (Å²) in [6.45, 7) is 0.192. The van der Waals surface area contributed by atoms with E-state index in [4.69, 9.17) is 4.99 Å². The minimum absolute atomic E-state index is 0.192. The molecule has 0 unspecified atom stereocenters. The van der Waals surface area contributed by atoms with Gasteiger partial charge in [0.15, 0.2) is 22.8 Å². The highest BCUT2D eigenvalue weighted by Crippen LogP contribution is 2.57. The van der Waals surface area contributed by atoms with Crippen LogP contribution in [0.25, 0.3) is 0 Å². The molecule has 1 spiro atoms. The van der Waals surface area contributed by atoms with E-state index < -0.39 is 41.0 Å². The Balaban J connectivity index is 1.49. The number of nitrogens with zero attached hydrogens (tertiary/aromatic N) is 3. The van der Waals surface area contributed by atoms with E-state index in [-0.39, 0.29) is 31.2 Å². The Labute approximate surface area is 224 Å². The third-order valence-electron chi connectivity index (χ3n) is 7.30. The highest BCUT2D eigenvalue weighted by atomic mass is 79.9. The maximum atomic E-state index is 13.7. The Morgan fingerprint density at radius 2 is 1.92 bits per heavy atom. The van der Waals surface area contributed by atoms with Gasteiger partial charge in [0.25, 0.3) is 5.91 Å². The van der Waals surface area contributed by atoms with Gasteiger partial charge in [0, 0.05) is 29.4 Å². The van der Waals surface area contributed by atoms with Crippen molar-refractivity contribution in [1.82, 2.24) is 14.8 Å². The molecule has 2 fully saturated rings. The van der Waals surface area contributed by atoms with Crippen LogP contribution >= 0.6 is 43.6 Å². The van der Waals surface area contributed by atoms with Crippen molar-refractivity contribution in [2.45, 2.75) is 35.7 Å². The van der Waals surface area contributed by atoms with Crippen LogP contribution in [0.4, 0.5) is 13.2 Å². The zero-order chi connectivity index (χ0) is 25.6. The normalized spacial score (nSPS) is 30.3. The Morgan fingerprint density at radius 3 is 2.61 bits per heavy atom. The van der Waals surface area contributed by atoms with Crippen LogP contribution in [0.15, 0.2) is 66.7 Å². The van der Waals surface area contributed by atoms with Gasteiger partial charge in [-0.05, 0) is 62.4 Å². The molecule has 1 aliphatic carbocycles. The lowest BCUT2D eigenvalue weighted by molar-refractivity contribution is -0.129. The quantitative estimate of drug-likeness (QED) is 0.321. The summed E-state index contributed by atoms with van der Waals surface area (Å²) < 4.78 is 43.1. The molecule has 1 amide bonds. The van der Waals surface area contributed by atoms with Crippen LogP contribution in [0.3, 0.4) is 0 Å². The van der Waals surface area contributed by atoms with E-state index in [0.717, 1.165) is 4.90 Å². The van der Waals surface area contributed by atoms with Gasteiger partial charge in [-0.15, -0.1) is 0 Å². The molecule has 1 saturated heterocycles. The number of aliphatic imine (C=N–C) groups is 1. The first-order chi connectivity index (χ1) is 17.0. The fraction of sp³-hybridized carbons (Fsp3) is 0.348. The van der Waals surface area contributed by atoms with Gasteiger partial charge < -0.3 is 19.9 Å². The molecule has 4 aliphatic rings. The Hall–Kier alpha value is -2.25. The molecule has 4 atom stereocenters. The molecule has 3 aliphatic heterocycles. The van der Waals surface area contributed by atoms with Crippen molar-refractivity contribution < 1.29 is 27.9 Å². The van der Waals surface area contributed by atoms with Gasteiger partial charge in [-0.2, -0.15) is 13.2 Å². The zero-order valence-electron chi connectivity index (χ0n) is 18.2. The van der Waals surface area contributed by atoms with Crippen LogP contribution in [-0.4, -0.2) is 49.8 Å². The summed E-state index contributed by atoms with van der Waals surface area (Å²) in [5.74, 6) is -3.89. The van der Waals surface area contributed by atoms with Crippen molar-refractivity contribution in [2.75, 3.05) is 6.54 Å². The van der Waals surface area contributed by atoms with E-state index in [1.165, 1.54) is 11.8 Å². The Bertz CT molecular complexity index is 1380. The van der Waals surface area contributed by atoms with Gasteiger partial charge in [0.1, 0.15) is 10.3 Å². The number of aromatic nitrogens is 1. The molecule has 188 valence electrons. The van der Waals surface area contributed by atoms with Gasteiger partial charge in [0.2, 0.25) is 5.76 Å². The van der Waals surface area contributed by atoms with Gasteiger partial charge in [-0.25, -0.2) is 4.99 Å². The molecule has 2 aromatic rings. The Kier molecular flexibility index (Phi) is 5.44. The van der Waals surface area contributed by atoms with Gasteiger partial charge in [0.05, 0.1) is 4.47 Å². The summed E-state index contributed by atoms with van der Waals surface area (Å²) in [4.78, 5) is 33.8. The lowest BCUT2D eigenvalue weighted by Crippen LogP contribution is -2.65. The number of alkyl halides is 3. The highest BCUT2D eigenvalue weighted by molar-refractivity contribution is 9.13. The molecule has 1 aromatic heterocycles. The number of aliphatic hydroxyl groups excluding tert-OH is 1. The van der Waals surface area contributed by atoms with E-state index in [1.54, 1.807) is 15.5 Å². The van der Waals surface area contributed by atoms with Crippen molar-refractivity contribution in [1.29, 1.82) is 0 Å². The topological polar surface area (TPSA) is 86.9 Å². The number of allylic oxidation sites excluding steroid dienone is 2. The standard InChI is InChI=1S/C23H17Br2F3N4O3S/c24-14-8-15-19(35)31-9-10-6-16(33)12(17(34)23(26,27)28)7-13(10)22(31)20(32(15)18(14)25)29-21(30-22)36-11-4-2-1-3-5-11/h1-5,8,10,13,20,34H,6-7,9H2,(H,29,30)/b17-12+/t10-,13-,20+,22-/m1/s1. The molecule has 36 heavy (non-hydrogen) atoms. The number of hydrogen-bond donors (Lipinski definition) is 2. The first-order valence-electron chi connectivity index (χ1n) is 11.0. The molecular formula is C23H17Br2F3N4O3S. The third-order valence-corrected chi connectivity index (χ3v) is 10.2. The predicted octanol–water partition coefficient (Wildman–Crippen LogP) is 5.40. The Morgan fingerprint density at radius 1 is 1.19 bits per heavy atom. The summed E-state index contributed by atoms with van der Waals surface area (Å²) >= 11 is 8.33. The van der Waals surface area contributed by atoms with Crippen LogP contribution in [-0.2, 0) is 4.79 Å². The molecule has 0 bridgehead atoms. The number of benzene rings is 1. The number of ketones is 1. The number of amidine groups is 1. The number of nitrogens with one attached hydrogen (secondary N) is 1. The minimum Gasteiger partial charge on any atom is -0.504 e. The number of aliphatic hydroxyl groups is 1. The van der Waals surface area contributed by atoms with Gasteiger partial charge in [-0.1, -0.05) is 30.0 Å². The van der Waals surface area contributed by atoms with Crippen molar-refractivity contribution in [3.05, 3.63) is 62.5 Å². The maximum Gasteiger partial charge on any atom is 0.449 e. The number of amides is 1. The average molecular weight is 646 g/mol. The fourth-order valence-electron chi connectivity index (χ4n) is 5.83. The summed E-state index contributed by atoms with van der Waals surface area (Å²) in [6, 6.07) is 11.1. The van der Waals surface area contributed by atoms with Crippen molar-refractivity contribution >= 4 is 60.5 Å². The predicted molar refractivity (Wildman–Crippen MR) is 132 cm³/mol. The summed E-state index contributed by atoms with van der Waals surface area (Å²) in [5, 5.41) is 13.8. The largest absolute Gasteiger partial charge is 0.504 e. The zero-order valence-corrected chi connectivity index (χ0v) is 22.2. The van der Waals surface area contributed by atoms with Crippen LogP contribution in [0.2, 0.25) is 0 Å². The first-order valence-corrected chi connectivity index (χ1v) is 13.4. The molecule has 6 rings (SSSR count). The number of rotatable bonds is 1. The van der Waals surface area contributed by atoms with E-state index in [9.17, 15) is 27.9 Å². The van der Waals surface area contributed by atoms with E-state index in [1.807, 2.05) is 30.3 Å². The van der Waals surface area contributed by atoms with E-state index in [2.05, 4.69) is 37.2 Å². The van der Waals surface area contributed by atoms with Crippen molar-refractivity contribution in [2.24, 2.45) is 16.8 Å². The fourth-order valence-corrected chi connectivity index (χ4v) is 7.63. The number of hydrogen-bond acceptors (Lipinski definition) is 6. The minimum atomic E-state index is -5.04. The molecule has 13 heteroatoms. The van der Waals surface area contributed by atoms with E-state index >= 15 is 0 Å².